The second-order valence-electron chi connectivity index (χ2n) is 6.29. The van der Waals surface area contributed by atoms with E-state index in [1.165, 1.54) is 6.42 Å². The Bertz CT molecular complexity index is 714. The number of nitrogens with one attached hydrogen (secondary N) is 2. The minimum atomic E-state index is -0.130. The van der Waals surface area contributed by atoms with Crippen molar-refractivity contribution in [2.45, 2.75) is 26.2 Å². The number of rotatable bonds is 3. The fraction of sp³-hybridized carbons (Fsp3) is 0.300. The average Bonchev–Trinajstić information content (AvgIpc) is 2.64. The van der Waals surface area contributed by atoms with Gasteiger partial charge in [-0.05, 0) is 50.5 Å². The first-order chi connectivity index (χ1) is 11.6. The van der Waals surface area contributed by atoms with Crippen LogP contribution in [-0.4, -0.2) is 29.7 Å². The number of piperidine rings is 1. The lowest BCUT2D eigenvalue weighted by Crippen LogP contribution is -2.35. The van der Waals surface area contributed by atoms with Gasteiger partial charge in [-0.15, -0.1) is 0 Å². The van der Waals surface area contributed by atoms with Gasteiger partial charge in [0.25, 0.3) is 5.91 Å². The summed E-state index contributed by atoms with van der Waals surface area (Å²) in [6.45, 7) is 3.92. The van der Waals surface area contributed by atoms with Crippen LogP contribution in [0.25, 0.3) is 0 Å². The molecule has 0 bridgehead atoms. The van der Waals surface area contributed by atoms with E-state index in [2.05, 4.69) is 10.2 Å². The third-order valence-corrected chi connectivity index (χ3v) is 4.40. The second-order valence-corrected chi connectivity index (χ2v) is 6.29. The predicted molar refractivity (Wildman–Crippen MR) is 97.8 cm³/mol. The van der Waals surface area contributed by atoms with E-state index in [-0.39, 0.29) is 5.91 Å². The Hall–Kier alpha value is -2.62. The van der Waals surface area contributed by atoms with Crippen LogP contribution in [0.4, 0.5) is 5.69 Å². The molecule has 0 unspecified atom stereocenters. The summed E-state index contributed by atoms with van der Waals surface area (Å²) in [5, 5.41) is 11.2. The molecule has 1 fully saturated rings. The largest absolute Gasteiger partial charge is 0.357 e. The second kappa shape index (κ2) is 7.30. The molecule has 0 radical (unpaired) electrons. The number of carbonyl (C=O) groups excluding carboxylic acids is 1. The zero-order valence-corrected chi connectivity index (χ0v) is 14.0. The van der Waals surface area contributed by atoms with Gasteiger partial charge in [0.15, 0.2) is 0 Å². The van der Waals surface area contributed by atoms with Crippen LogP contribution in [0.2, 0.25) is 0 Å². The van der Waals surface area contributed by atoms with Gasteiger partial charge in [0, 0.05) is 29.9 Å². The lowest BCUT2D eigenvalue weighted by Gasteiger charge is -2.29. The van der Waals surface area contributed by atoms with Crippen LogP contribution in [0.1, 0.15) is 40.7 Å². The minimum Gasteiger partial charge on any atom is -0.357 e. The van der Waals surface area contributed by atoms with E-state index < -0.39 is 0 Å². The molecule has 1 aliphatic rings. The number of amidine groups is 1. The van der Waals surface area contributed by atoms with Gasteiger partial charge in [-0.3, -0.25) is 10.2 Å². The molecule has 0 saturated carbocycles. The fourth-order valence-electron chi connectivity index (χ4n) is 2.92. The first-order valence-corrected chi connectivity index (χ1v) is 8.45. The van der Waals surface area contributed by atoms with E-state index in [1.807, 2.05) is 43.3 Å². The van der Waals surface area contributed by atoms with Crippen molar-refractivity contribution in [3.63, 3.8) is 0 Å². The molecule has 1 saturated heterocycles. The van der Waals surface area contributed by atoms with Gasteiger partial charge in [-0.25, -0.2) is 0 Å². The highest BCUT2D eigenvalue weighted by molar-refractivity contribution is 6.05. The number of anilines is 1. The van der Waals surface area contributed by atoms with Crippen LogP contribution in [0.15, 0.2) is 48.5 Å². The van der Waals surface area contributed by atoms with Crippen molar-refractivity contribution in [2.75, 3.05) is 18.4 Å². The SMILES string of the molecule is Cc1ccc(NC(=O)c2ccc(C(=N)N3CCCCC3)cc2)cc1. The molecule has 1 amide bonds. The van der Waals surface area contributed by atoms with Crippen LogP contribution >= 0.6 is 0 Å². The summed E-state index contributed by atoms with van der Waals surface area (Å²) in [7, 11) is 0. The Labute approximate surface area is 143 Å². The molecular weight excluding hydrogens is 298 g/mol. The van der Waals surface area contributed by atoms with Crippen LogP contribution in [0, 0.1) is 12.3 Å². The Morgan fingerprint density at radius 2 is 1.50 bits per heavy atom. The molecule has 2 N–H and O–H groups in total. The molecule has 0 atom stereocenters. The summed E-state index contributed by atoms with van der Waals surface area (Å²) >= 11 is 0. The molecule has 4 nitrogen and oxygen atoms in total. The topological polar surface area (TPSA) is 56.2 Å². The Kier molecular flexibility index (Phi) is 4.94. The molecule has 24 heavy (non-hydrogen) atoms. The molecule has 4 heteroatoms. The highest BCUT2D eigenvalue weighted by Gasteiger charge is 2.15. The summed E-state index contributed by atoms with van der Waals surface area (Å²) in [6.07, 6.45) is 3.56. The van der Waals surface area contributed by atoms with E-state index in [1.54, 1.807) is 12.1 Å². The van der Waals surface area contributed by atoms with E-state index >= 15 is 0 Å². The maximum atomic E-state index is 12.3. The number of hydrogen-bond donors (Lipinski definition) is 2. The third kappa shape index (κ3) is 3.82. The van der Waals surface area contributed by atoms with Gasteiger partial charge in [0.05, 0.1) is 0 Å². The molecule has 124 valence electrons. The van der Waals surface area contributed by atoms with Crippen molar-refractivity contribution in [3.8, 4) is 0 Å². The third-order valence-electron chi connectivity index (χ3n) is 4.40. The number of nitrogens with zero attached hydrogens (tertiary/aromatic N) is 1. The normalized spacial score (nSPS) is 14.3. The first-order valence-electron chi connectivity index (χ1n) is 8.45. The average molecular weight is 321 g/mol. The van der Waals surface area contributed by atoms with Crippen LogP contribution < -0.4 is 5.32 Å². The summed E-state index contributed by atoms with van der Waals surface area (Å²) in [4.78, 5) is 14.4. The number of hydrogen-bond acceptors (Lipinski definition) is 2. The van der Waals surface area contributed by atoms with E-state index in [0.29, 0.717) is 11.4 Å². The maximum absolute atomic E-state index is 12.3. The van der Waals surface area contributed by atoms with Gasteiger partial charge in [-0.2, -0.15) is 0 Å². The fourth-order valence-corrected chi connectivity index (χ4v) is 2.92. The zero-order valence-electron chi connectivity index (χ0n) is 14.0. The van der Waals surface area contributed by atoms with Crippen LogP contribution in [-0.2, 0) is 0 Å². The molecule has 3 rings (SSSR count). The molecule has 0 spiro atoms. The molecule has 1 heterocycles. The smallest absolute Gasteiger partial charge is 0.255 e. The van der Waals surface area contributed by atoms with Gasteiger partial charge in [0.2, 0.25) is 0 Å². The number of likely N-dealkylation sites (tertiary alicyclic amines) is 1. The van der Waals surface area contributed by atoms with Crippen LogP contribution in [0.5, 0.6) is 0 Å². The van der Waals surface area contributed by atoms with Crippen molar-refractivity contribution < 1.29 is 4.79 Å². The number of aryl methyl sites for hydroxylation is 1. The zero-order chi connectivity index (χ0) is 16.9. The van der Waals surface area contributed by atoms with Crippen molar-refractivity contribution in [1.29, 1.82) is 5.41 Å². The molecule has 0 aromatic heterocycles. The maximum Gasteiger partial charge on any atom is 0.255 e. The Balaban J connectivity index is 1.66. The molecule has 2 aromatic rings. The number of carbonyl (C=O) groups is 1. The van der Waals surface area contributed by atoms with Crippen molar-refractivity contribution in [1.82, 2.24) is 4.90 Å². The minimum absolute atomic E-state index is 0.130. The van der Waals surface area contributed by atoms with Crippen molar-refractivity contribution in [2.24, 2.45) is 0 Å². The Morgan fingerprint density at radius 3 is 2.12 bits per heavy atom. The quantitative estimate of drug-likeness (QED) is 0.661. The summed E-state index contributed by atoms with van der Waals surface area (Å²) in [6, 6.07) is 15.0. The predicted octanol–water partition coefficient (Wildman–Crippen LogP) is 4.06. The summed E-state index contributed by atoms with van der Waals surface area (Å²) in [5.74, 6) is 0.426. The van der Waals surface area contributed by atoms with Gasteiger partial charge >= 0.3 is 0 Å². The monoisotopic (exact) mass is 321 g/mol. The highest BCUT2D eigenvalue weighted by atomic mass is 16.1. The molecule has 2 aromatic carbocycles. The van der Waals surface area contributed by atoms with E-state index in [4.69, 9.17) is 5.41 Å². The summed E-state index contributed by atoms with van der Waals surface area (Å²) in [5.41, 5.74) is 3.42. The molecular formula is C20H23N3O. The Morgan fingerprint density at radius 1 is 0.917 bits per heavy atom. The summed E-state index contributed by atoms with van der Waals surface area (Å²) < 4.78 is 0. The lowest BCUT2D eigenvalue weighted by molar-refractivity contribution is 0.102. The van der Waals surface area contributed by atoms with Gasteiger partial charge < -0.3 is 10.2 Å². The molecule has 1 aliphatic heterocycles. The van der Waals surface area contributed by atoms with E-state index in [0.717, 1.165) is 42.7 Å². The number of benzene rings is 2. The molecule has 0 aliphatic carbocycles. The van der Waals surface area contributed by atoms with Gasteiger partial charge in [0.1, 0.15) is 5.84 Å². The standard InChI is InChI=1S/C20H23N3O/c1-15-5-11-18(12-6-15)22-20(24)17-9-7-16(8-10-17)19(21)23-13-3-2-4-14-23/h5-12,21H,2-4,13-14H2,1H3,(H,22,24). The first kappa shape index (κ1) is 16.2. The lowest BCUT2D eigenvalue weighted by atomic mass is 10.1. The van der Waals surface area contributed by atoms with E-state index in [9.17, 15) is 4.79 Å². The number of amides is 1. The van der Waals surface area contributed by atoms with Crippen molar-refractivity contribution in [3.05, 3.63) is 65.2 Å². The van der Waals surface area contributed by atoms with Gasteiger partial charge in [-0.1, -0.05) is 29.8 Å². The van der Waals surface area contributed by atoms with Crippen LogP contribution in [0.3, 0.4) is 0 Å². The highest BCUT2D eigenvalue weighted by Crippen LogP contribution is 2.15. The van der Waals surface area contributed by atoms with Crippen molar-refractivity contribution >= 4 is 17.4 Å².